The fourth-order valence-electron chi connectivity index (χ4n) is 2.41. The van der Waals surface area contributed by atoms with Crippen LogP contribution in [0.25, 0.3) is 0 Å². The third kappa shape index (κ3) is 6.77. The number of aliphatic hydroxyl groups is 4. The van der Waals surface area contributed by atoms with Crippen LogP contribution in [0.2, 0.25) is 0 Å². The Hall–Kier alpha value is -0.820. The van der Waals surface area contributed by atoms with Crippen LogP contribution in [0.3, 0.4) is 0 Å². The maximum absolute atomic E-state index is 11.7. The van der Waals surface area contributed by atoms with E-state index in [0.717, 1.165) is 12.8 Å². The van der Waals surface area contributed by atoms with E-state index in [1.807, 2.05) is 0 Å². The highest BCUT2D eigenvalue weighted by atomic mass is 31.2. The van der Waals surface area contributed by atoms with Crippen LogP contribution in [0.4, 0.5) is 4.79 Å². The van der Waals surface area contributed by atoms with E-state index in [9.17, 15) is 29.8 Å². The number of alkyl carbamates (subject to hydrolysis) is 1. The number of hydrogen-bond donors (Lipinski definition) is 8. The largest absolute Gasteiger partial charge is 0.470 e. The van der Waals surface area contributed by atoms with Gasteiger partial charge in [-0.05, 0) is 19.4 Å². The van der Waals surface area contributed by atoms with Crippen LogP contribution in [0.1, 0.15) is 19.3 Å². The maximum atomic E-state index is 11.7. The Morgan fingerprint density at radius 1 is 0.960 bits per heavy atom. The Bertz CT molecular complexity index is 475. The van der Waals surface area contributed by atoms with Gasteiger partial charge in [-0.2, -0.15) is 0 Å². The molecule has 1 saturated carbocycles. The Morgan fingerprint density at radius 2 is 1.56 bits per heavy atom. The van der Waals surface area contributed by atoms with Crippen molar-refractivity contribution in [2.24, 2.45) is 5.73 Å². The molecule has 0 aromatic heterocycles. The zero-order valence-electron chi connectivity index (χ0n) is 13.3. The second-order valence-electron chi connectivity index (χ2n) is 5.67. The molecule has 1 amide bonds. The number of carbonyl (C=O) groups excluding carboxylic acids is 1. The second kappa shape index (κ2) is 9.76. The summed E-state index contributed by atoms with van der Waals surface area (Å²) in [6.07, 6.45) is -10.4. The van der Waals surface area contributed by atoms with Crippen LogP contribution >= 0.6 is 7.82 Å². The van der Waals surface area contributed by atoms with Crippen molar-refractivity contribution in [2.45, 2.75) is 55.9 Å². The van der Waals surface area contributed by atoms with Gasteiger partial charge in [0.15, 0.2) is 6.10 Å². The average molecular weight is 388 g/mol. The van der Waals surface area contributed by atoms with E-state index in [-0.39, 0.29) is 6.54 Å². The van der Waals surface area contributed by atoms with Gasteiger partial charge in [-0.15, -0.1) is 0 Å². The van der Waals surface area contributed by atoms with Gasteiger partial charge < -0.3 is 46.0 Å². The van der Waals surface area contributed by atoms with Crippen molar-refractivity contribution in [1.82, 2.24) is 5.32 Å². The molecule has 148 valence electrons. The van der Waals surface area contributed by atoms with Gasteiger partial charge >= 0.3 is 13.9 Å². The molecule has 0 unspecified atom stereocenters. The minimum absolute atomic E-state index is 0.241. The number of unbranched alkanes of at least 4 members (excludes halogenated alkanes) is 2. The number of phosphoric ester groups is 1. The van der Waals surface area contributed by atoms with Crippen LogP contribution < -0.4 is 11.1 Å². The lowest BCUT2D eigenvalue weighted by Crippen LogP contribution is -2.65. The van der Waals surface area contributed by atoms with Gasteiger partial charge in [-0.25, -0.2) is 9.36 Å². The summed E-state index contributed by atoms with van der Waals surface area (Å²) in [4.78, 5) is 29.3. The van der Waals surface area contributed by atoms with Gasteiger partial charge in [0, 0.05) is 6.54 Å². The predicted octanol–water partition coefficient (Wildman–Crippen LogP) is -2.85. The molecule has 12 nitrogen and oxygen atoms in total. The van der Waals surface area contributed by atoms with Crippen LogP contribution in [-0.4, -0.2) is 86.0 Å². The van der Waals surface area contributed by atoms with Crippen LogP contribution in [0.15, 0.2) is 0 Å². The normalized spacial score (nSPS) is 33.1. The summed E-state index contributed by atoms with van der Waals surface area (Å²) in [6, 6.07) is 0. The second-order valence-corrected chi connectivity index (χ2v) is 6.86. The van der Waals surface area contributed by atoms with Crippen molar-refractivity contribution in [2.75, 3.05) is 13.1 Å². The lowest BCUT2D eigenvalue weighted by atomic mass is 9.85. The molecule has 9 N–H and O–H groups in total. The first-order chi connectivity index (χ1) is 11.6. The van der Waals surface area contributed by atoms with E-state index < -0.39 is 50.5 Å². The number of nitrogens with two attached hydrogens (primary N) is 1. The van der Waals surface area contributed by atoms with Crippen LogP contribution in [0.5, 0.6) is 0 Å². The summed E-state index contributed by atoms with van der Waals surface area (Å²) in [7, 11) is -5.12. The molecule has 6 atom stereocenters. The summed E-state index contributed by atoms with van der Waals surface area (Å²) in [5.41, 5.74) is 5.33. The SMILES string of the molecule is NCCCCCNC(=O)O[C@@H]1[C@H](O)[C@H](OP(=O)(O)O)[C@@H](O)[C@H](O)[C@H]1O. The highest BCUT2D eigenvalue weighted by Crippen LogP contribution is 2.41. The third-order valence-corrected chi connectivity index (χ3v) is 4.22. The Labute approximate surface area is 143 Å². The van der Waals surface area contributed by atoms with E-state index >= 15 is 0 Å². The number of phosphoric acid groups is 1. The molecule has 1 aliphatic carbocycles. The molecule has 0 saturated heterocycles. The minimum Gasteiger partial charge on any atom is -0.440 e. The fourth-order valence-corrected chi connectivity index (χ4v) is 2.97. The monoisotopic (exact) mass is 388 g/mol. The van der Waals surface area contributed by atoms with E-state index in [1.54, 1.807) is 0 Å². The third-order valence-electron chi connectivity index (χ3n) is 3.70. The highest BCUT2D eigenvalue weighted by Gasteiger charge is 2.53. The molecule has 0 aromatic carbocycles. The molecule has 13 heteroatoms. The molecule has 1 aliphatic rings. The molecule has 0 heterocycles. The van der Waals surface area contributed by atoms with Crippen molar-refractivity contribution in [3.05, 3.63) is 0 Å². The van der Waals surface area contributed by atoms with Crippen LogP contribution in [-0.2, 0) is 13.8 Å². The van der Waals surface area contributed by atoms with Gasteiger partial charge in [0.25, 0.3) is 0 Å². The molecule has 25 heavy (non-hydrogen) atoms. The first-order valence-electron chi connectivity index (χ1n) is 7.69. The van der Waals surface area contributed by atoms with Crippen molar-refractivity contribution in [1.29, 1.82) is 0 Å². The minimum atomic E-state index is -5.12. The van der Waals surface area contributed by atoms with Crippen molar-refractivity contribution in [3.8, 4) is 0 Å². The summed E-state index contributed by atoms with van der Waals surface area (Å²) in [5.74, 6) is 0. The molecule has 1 rings (SSSR count). The standard InChI is InChI=1S/C12H25N2O10P/c13-4-2-1-3-5-14-12(19)23-10-7(16)6(15)8(17)11(9(10)18)24-25(20,21)22/h6-11,15-18H,1-5,13H2,(H,14,19)(H2,20,21,22)/t6-,7-,8+,9+,10+,11-/m1/s1. The molecule has 0 radical (unpaired) electrons. The lowest BCUT2D eigenvalue weighted by molar-refractivity contribution is -0.219. The van der Waals surface area contributed by atoms with Crippen molar-refractivity contribution >= 4 is 13.9 Å². The highest BCUT2D eigenvalue weighted by molar-refractivity contribution is 7.46. The number of carbonyl (C=O) groups is 1. The molecular formula is C12H25N2O10P. The molecule has 0 aromatic rings. The lowest BCUT2D eigenvalue weighted by Gasteiger charge is -2.42. The van der Waals surface area contributed by atoms with E-state index in [1.165, 1.54) is 0 Å². The van der Waals surface area contributed by atoms with Crippen molar-refractivity contribution in [3.63, 3.8) is 0 Å². The van der Waals surface area contributed by atoms with Gasteiger partial charge in [-0.3, -0.25) is 4.52 Å². The average Bonchev–Trinajstić information content (AvgIpc) is 2.53. The Kier molecular flexibility index (Phi) is 8.68. The first kappa shape index (κ1) is 22.2. The molecule has 0 bridgehead atoms. The number of amides is 1. The topological polar surface area (TPSA) is 212 Å². The number of ether oxygens (including phenoxy) is 1. The fraction of sp³-hybridized carbons (Fsp3) is 0.917. The molecule has 0 spiro atoms. The maximum Gasteiger partial charge on any atom is 0.470 e. The predicted molar refractivity (Wildman–Crippen MR) is 82.1 cm³/mol. The Morgan fingerprint density at radius 3 is 2.12 bits per heavy atom. The molecular weight excluding hydrogens is 363 g/mol. The van der Waals surface area contributed by atoms with E-state index in [2.05, 4.69) is 9.84 Å². The molecule has 0 aliphatic heterocycles. The van der Waals surface area contributed by atoms with E-state index in [4.69, 9.17) is 20.3 Å². The number of rotatable bonds is 8. The zero-order valence-corrected chi connectivity index (χ0v) is 14.2. The summed E-state index contributed by atoms with van der Waals surface area (Å²) in [6.45, 7) is 0.761. The van der Waals surface area contributed by atoms with Gasteiger partial charge in [0.1, 0.15) is 30.5 Å². The quantitative estimate of drug-likeness (QED) is 0.156. The molecule has 1 fully saturated rings. The summed E-state index contributed by atoms with van der Waals surface area (Å²) < 4.78 is 20.0. The number of hydrogen-bond acceptors (Lipinski definition) is 9. The van der Waals surface area contributed by atoms with Crippen LogP contribution in [0, 0.1) is 0 Å². The smallest absolute Gasteiger partial charge is 0.440 e. The van der Waals surface area contributed by atoms with Gasteiger partial charge in [0.2, 0.25) is 0 Å². The van der Waals surface area contributed by atoms with Gasteiger partial charge in [-0.1, -0.05) is 6.42 Å². The van der Waals surface area contributed by atoms with E-state index in [0.29, 0.717) is 13.0 Å². The number of aliphatic hydroxyl groups excluding tert-OH is 4. The first-order valence-corrected chi connectivity index (χ1v) is 9.22. The summed E-state index contributed by atoms with van der Waals surface area (Å²) >= 11 is 0. The zero-order chi connectivity index (χ0) is 19.2. The number of nitrogens with one attached hydrogen (secondary N) is 1. The van der Waals surface area contributed by atoms with Crippen molar-refractivity contribution < 1.29 is 48.8 Å². The Balaban J connectivity index is 2.66. The van der Waals surface area contributed by atoms with Gasteiger partial charge in [0.05, 0.1) is 0 Å². The summed E-state index contributed by atoms with van der Waals surface area (Å²) in [5, 5.41) is 41.7.